The Kier molecular flexibility index (Phi) is 4.95. The molecule has 1 fully saturated rings. The van der Waals surface area contributed by atoms with Crippen LogP contribution in [-0.2, 0) is 22.9 Å². The molecule has 0 saturated heterocycles. The van der Waals surface area contributed by atoms with E-state index >= 15 is 0 Å². The Labute approximate surface area is 151 Å². The molecule has 1 aliphatic rings. The Morgan fingerprint density at radius 3 is 2.26 bits per heavy atom. The lowest BCUT2D eigenvalue weighted by Gasteiger charge is -2.31. The number of alkyl halides is 3. The van der Waals surface area contributed by atoms with E-state index in [4.69, 9.17) is 0 Å². The Bertz CT molecular complexity index is 911. The van der Waals surface area contributed by atoms with Gasteiger partial charge in [0.05, 0.1) is 17.5 Å². The van der Waals surface area contributed by atoms with Gasteiger partial charge in [-0.2, -0.15) is 13.2 Å². The van der Waals surface area contributed by atoms with Gasteiger partial charge in [0, 0.05) is 11.8 Å². The molecule has 2 aromatic rings. The number of aromatic amines is 2. The summed E-state index contributed by atoms with van der Waals surface area (Å²) < 4.78 is 38.3. The third kappa shape index (κ3) is 4.29. The molecule has 0 atom stereocenters. The Balaban J connectivity index is 1.81. The average Bonchev–Trinajstić information content (AvgIpc) is 3.02. The van der Waals surface area contributed by atoms with Gasteiger partial charge in [0.25, 0.3) is 5.56 Å². The van der Waals surface area contributed by atoms with Crippen LogP contribution in [0.1, 0.15) is 42.5 Å². The van der Waals surface area contributed by atoms with Crippen LogP contribution in [0.2, 0.25) is 0 Å². The quantitative estimate of drug-likeness (QED) is 0.758. The smallest absolute Gasteiger partial charge is 0.346 e. The predicted molar refractivity (Wildman–Crippen MR) is 91.1 cm³/mol. The molecule has 144 valence electrons. The molecule has 9 heteroatoms. The molecule has 0 bridgehead atoms. The maximum Gasteiger partial charge on any atom is 0.416 e. The van der Waals surface area contributed by atoms with Gasteiger partial charge in [-0.15, -0.1) is 0 Å². The molecule has 1 heterocycles. The molecule has 1 saturated carbocycles. The molecule has 0 aliphatic heterocycles. The van der Waals surface area contributed by atoms with E-state index in [2.05, 4.69) is 10.3 Å². The summed E-state index contributed by atoms with van der Waals surface area (Å²) in [5, 5.41) is 2.90. The van der Waals surface area contributed by atoms with Crippen LogP contribution in [-0.4, -0.2) is 15.9 Å². The summed E-state index contributed by atoms with van der Waals surface area (Å²) in [7, 11) is 0. The second kappa shape index (κ2) is 7.05. The summed E-state index contributed by atoms with van der Waals surface area (Å²) >= 11 is 0. The molecule has 1 amide bonds. The molecule has 0 radical (unpaired) electrons. The van der Waals surface area contributed by atoms with Crippen molar-refractivity contribution in [1.29, 1.82) is 0 Å². The van der Waals surface area contributed by atoms with Gasteiger partial charge in [-0.1, -0.05) is 25.0 Å². The fourth-order valence-corrected chi connectivity index (χ4v) is 3.54. The number of carbonyl (C=O) groups excluding carboxylic acids is 1. The normalized spacial score (nSPS) is 16.3. The van der Waals surface area contributed by atoms with Crippen LogP contribution in [0.25, 0.3) is 0 Å². The van der Waals surface area contributed by atoms with Gasteiger partial charge in [-0.05, 0) is 30.5 Å². The average molecular weight is 381 g/mol. The highest BCUT2D eigenvalue weighted by atomic mass is 19.4. The van der Waals surface area contributed by atoms with Crippen molar-refractivity contribution in [3.63, 3.8) is 0 Å². The zero-order chi connectivity index (χ0) is 19.7. The molecule has 27 heavy (non-hydrogen) atoms. The van der Waals surface area contributed by atoms with Crippen LogP contribution in [0.5, 0.6) is 0 Å². The van der Waals surface area contributed by atoms with Crippen LogP contribution >= 0.6 is 0 Å². The number of nitrogens with one attached hydrogen (secondary N) is 3. The first-order valence-electron chi connectivity index (χ1n) is 8.49. The standard InChI is InChI=1S/C18H18F3N3O3/c19-18(20,21)12-5-3-11(4-6-12)17(7-1-2-8-17)24-15(26)10-13-9-14(25)23-16(27)22-13/h3-6,9H,1-2,7-8,10H2,(H,24,26)(H2,22,23,25,27). The number of H-pyrrole nitrogens is 2. The predicted octanol–water partition coefficient (Wildman–Crippen LogP) is 2.21. The first kappa shape index (κ1) is 18.9. The highest BCUT2D eigenvalue weighted by molar-refractivity contribution is 5.79. The van der Waals surface area contributed by atoms with Crippen LogP contribution in [0, 0.1) is 0 Å². The maximum absolute atomic E-state index is 12.8. The number of rotatable bonds is 4. The van der Waals surface area contributed by atoms with Crippen LogP contribution in [0.15, 0.2) is 39.9 Å². The summed E-state index contributed by atoms with van der Waals surface area (Å²) in [6.45, 7) is 0. The molecular weight excluding hydrogens is 363 g/mol. The number of benzene rings is 1. The lowest BCUT2D eigenvalue weighted by molar-refractivity contribution is -0.137. The van der Waals surface area contributed by atoms with Crippen molar-refractivity contribution < 1.29 is 18.0 Å². The molecule has 3 N–H and O–H groups in total. The molecular formula is C18H18F3N3O3. The van der Waals surface area contributed by atoms with Crippen LogP contribution in [0.3, 0.4) is 0 Å². The van der Waals surface area contributed by atoms with Gasteiger partial charge >= 0.3 is 11.9 Å². The van der Waals surface area contributed by atoms with E-state index in [9.17, 15) is 27.6 Å². The van der Waals surface area contributed by atoms with Gasteiger partial charge in [-0.25, -0.2) is 4.79 Å². The fraction of sp³-hybridized carbons (Fsp3) is 0.389. The minimum absolute atomic E-state index is 0.168. The number of halogens is 3. The molecule has 0 spiro atoms. The van der Waals surface area contributed by atoms with Crippen molar-refractivity contribution in [3.05, 3.63) is 68.0 Å². The Morgan fingerprint density at radius 2 is 1.70 bits per heavy atom. The summed E-state index contributed by atoms with van der Waals surface area (Å²) in [6, 6.07) is 5.93. The van der Waals surface area contributed by atoms with Gasteiger partial charge in [0.1, 0.15) is 0 Å². The number of aromatic nitrogens is 2. The molecule has 6 nitrogen and oxygen atoms in total. The fourth-order valence-electron chi connectivity index (χ4n) is 3.54. The van der Waals surface area contributed by atoms with Gasteiger partial charge < -0.3 is 10.3 Å². The van der Waals surface area contributed by atoms with Crippen molar-refractivity contribution in [3.8, 4) is 0 Å². The lowest BCUT2D eigenvalue weighted by atomic mass is 9.87. The van der Waals surface area contributed by atoms with E-state index in [1.807, 2.05) is 4.98 Å². The highest BCUT2D eigenvalue weighted by Gasteiger charge is 2.38. The van der Waals surface area contributed by atoms with Crippen LogP contribution in [0.4, 0.5) is 13.2 Å². The summed E-state index contributed by atoms with van der Waals surface area (Å²) in [5.41, 5.74) is -2.03. The maximum atomic E-state index is 12.8. The zero-order valence-corrected chi connectivity index (χ0v) is 14.3. The van der Waals surface area contributed by atoms with E-state index in [0.717, 1.165) is 31.0 Å². The van der Waals surface area contributed by atoms with Crippen molar-refractivity contribution >= 4 is 5.91 Å². The van der Waals surface area contributed by atoms with Gasteiger partial charge in [-0.3, -0.25) is 14.6 Å². The Hall–Kier alpha value is -2.84. The Morgan fingerprint density at radius 1 is 1.07 bits per heavy atom. The van der Waals surface area contributed by atoms with Crippen molar-refractivity contribution in [2.24, 2.45) is 0 Å². The van der Waals surface area contributed by atoms with Crippen molar-refractivity contribution in [1.82, 2.24) is 15.3 Å². The number of amides is 1. The SMILES string of the molecule is O=C(Cc1cc(=O)[nH]c(=O)[nH]1)NC1(c2ccc(C(F)(F)F)cc2)CCCC1. The first-order valence-corrected chi connectivity index (χ1v) is 8.49. The van der Waals surface area contributed by atoms with E-state index in [1.165, 1.54) is 12.1 Å². The zero-order valence-electron chi connectivity index (χ0n) is 14.3. The van der Waals surface area contributed by atoms with E-state index in [-0.39, 0.29) is 12.1 Å². The number of hydrogen-bond donors (Lipinski definition) is 3. The van der Waals surface area contributed by atoms with E-state index in [0.29, 0.717) is 18.4 Å². The summed E-state index contributed by atoms with van der Waals surface area (Å²) in [4.78, 5) is 39.5. The molecule has 0 unspecified atom stereocenters. The van der Waals surface area contributed by atoms with E-state index in [1.54, 1.807) is 0 Å². The molecule has 3 rings (SSSR count). The minimum atomic E-state index is -4.42. The third-order valence-corrected chi connectivity index (χ3v) is 4.77. The van der Waals surface area contributed by atoms with Crippen LogP contribution < -0.4 is 16.6 Å². The van der Waals surface area contributed by atoms with Crippen molar-refractivity contribution in [2.45, 2.75) is 43.8 Å². The van der Waals surface area contributed by atoms with E-state index < -0.39 is 34.4 Å². The number of hydrogen-bond acceptors (Lipinski definition) is 3. The topological polar surface area (TPSA) is 94.8 Å². The van der Waals surface area contributed by atoms with Crippen molar-refractivity contribution in [2.75, 3.05) is 0 Å². The molecule has 1 aromatic carbocycles. The minimum Gasteiger partial charge on any atom is -0.346 e. The lowest BCUT2D eigenvalue weighted by Crippen LogP contribution is -2.44. The summed E-state index contributed by atoms with van der Waals surface area (Å²) in [6.07, 6.45) is -1.74. The first-order chi connectivity index (χ1) is 12.7. The number of carbonyl (C=O) groups is 1. The van der Waals surface area contributed by atoms with Gasteiger partial charge in [0.2, 0.25) is 5.91 Å². The molecule has 1 aliphatic carbocycles. The highest BCUT2D eigenvalue weighted by Crippen LogP contribution is 2.40. The van der Waals surface area contributed by atoms with Gasteiger partial charge in [0.15, 0.2) is 0 Å². The second-order valence-electron chi connectivity index (χ2n) is 6.70. The monoisotopic (exact) mass is 381 g/mol. The summed E-state index contributed by atoms with van der Waals surface area (Å²) in [5.74, 6) is -0.418. The molecule has 1 aromatic heterocycles. The largest absolute Gasteiger partial charge is 0.416 e. The second-order valence-corrected chi connectivity index (χ2v) is 6.70. The third-order valence-electron chi connectivity index (χ3n) is 4.77.